The molecule has 0 unspecified atom stereocenters. The number of alkyl halides is 2. The summed E-state index contributed by atoms with van der Waals surface area (Å²) in [5.41, 5.74) is 1.69. The maximum Gasteiger partial charge on any atom is 0.357 e. The Labute approximate surface area is 192 Å². The maximum atomic E-state index is 13.8. The monoisotopic (exact) mass is 467 g/mol. The number of hydrogen-bond donors (Lipinski definition) is 1. The predicted octanol–water partition coefficient (Wildman–Crippen LogP) is 5.90. The van der Waals surface area contributed by atoms with E-state index < -0.39 is 17.8 Å². The number of anilines is 1. The number of benzene rings is 2. The highest BCUT2D eigenvalue weighted by molar-refractivity contribution is 7.14. The van der Waals surface area contributed by atoms with Crippen LogP contribution in [0.3, 0.4) is 0 Å². The highest BCUT2D eigenvalue weighted by Gasteiger charge is 2.24. The highest BCUT2D eigenvalue weighted by Crippen LogP contribution is 2.31. The Morgan fingerprint density at radius 2 is 1.88 bits per heavy atom. The van der Waals surface area contributed by atoms with Crippen molar-refractivity contribution in [3.8, 4) is 11.3 Å². The van der Waals surface area contributed by atoms with Crippen LogP contribution in [0, 0.1) is 0 Å². The van der Waals surface area contributed by atoms with Gasteiger partial charge in [0.05, 0.1) is 23.4 Å². The van der Waals surface area contributed by atoms with Crippen LogP contribution in [-0.4, -0.2) is 28.5 Å². The third-order valence-electron chi connectivity index (χ3n) is 4.84. The lowest BCUT2D eigenvalue weighted by atomic mass is 10.0. The molecule has 1 N–H and O–H groups in total. The van der Waals surface area contributed by atoms with Crippen LogP contribution in [-0.2, 0) is 10.7 Å². The Hall–Kier alpha value is -3.72. The molecule has 33 heavy (non-hydrogen) atoms. The highest BCUT2D eigenvalue weighted by atomic mass is 32.1. The maximum absolute atomic E-state index is 13.8. The molecule has 9 heteroatoms. The first kappa shape index (κ1) is 22.5. The summed E-state index contributed by atoms with van der Waals surface area (Å²) < 4.78 is 32.4. The van der Waals surface area contributed by atoms with Gasteiger partial charge in [-0.3, -0.25) is 10.1 Å². The number of para-hydroxylation sites is 1. The van der Waals surface area contributed by atoms with Crippen molar-refractivity contribution in [3.05, 3.63) is 76.8 Å². The number of carbonyl (C=O) groups excluding carboxylic acids is 2. The van der Waals surface area contributed by atoms with Crippen molar-refractivity contribution in [2.45, 2.75) is 19.8 Å². The topological polar surface area (TPSA) is 81.2 Å². The van der Waals surface area contributed by atoms with Gasteiger partial charge < -0.3 is 4.74 Å². The number of rotatable bonds is 6. The molecule has 0 aliphatic heterocycles. The first-order chi connectivity index (χ1) is 15.8. The van der Waals surface area contributed by atoms with Gasteiger partial charge in [-0.1, -0.05) is 36.4 Å². The zero-order chi connectivity index (χ0) is 23.6. The minimum absolute atomic E-state index is 0.114. The van der Waals surface area contributed by atoms with Crippen LogP contribution in [0.4, 0.5) is 13.9 Å². The van der Waals surface area contributed by atoms with Crippen LogP contribution in [0.15, 0.2) is 60.0 Å². The molecule has 0 saturated carbocycles. The third-order valence-corrected chi connectivity index (χ3v) is 5.60. The molecule has 2 heterocycles. The molecule has 6 nitrogen and oxygen atoms in total. The van der Waals surface area contributed by atoms with Crippen LogP contribution in [0.5, 0.6) is 0 Å². The van der Waals surface area contributed by atoms with Crippen molar-refractivity contribution in [2.24, 2.45) is 0 Å². The van der Waals surface area contributed by atoms with E-state index in [4.69, 9.17) is 4.74 Å². The summed E-state index contributed by atoms with van der Waals surface area (Å²) in [6.45, 7) is 2.76. The van der Waals surface area contributed by atoms with Gasteiger partial charge in [0.15, 0.2) is 10.8 Å². The van der Waals surface area contributed by atoms with Gasteiger partial charge in [0, 0.05) is 28.8 Å². The second-order valence-corrected chi connectivity index (χ2v) is 8.11. The number of fused-ring (bicyclic) bond motifs is 1. The lowest BCUT2D eigenvalue weighted by molar-refractivity contribution is 0.0175. The molecule has 2 aromatic carbocycles. The van der Waals surface area contributed by atoms with Gasteiger partial charge in [0.2, 0.25) is 0 Å². The smallest absolute Gasteiger partial charge is 0.357 e. The van der Waals surface area contributed by atoms with E-state index >= 15 is 0 Å². The van der Waals surface area contributed by atoms with E-state index in [1.165, 1.54) is 17.5 Å². The fourth-order valence-corrected chi connectivity index (χ4v) is 3.91. The molecular formula is C24H19F2N3O3S. The first-order valence-electron chi connectivity index (χ1n) is 10.1. The van der Waals surface area contributed by atoms with Crippen molar-refractivity contribution >= 4 is 39.2 Å². The second-order valence-electron chi connectivity index (χ2n) is 7.26. The van der Waals surface area contributed by atoms with E-state index in [0.29, 0.717) is 22.3 Å². The zero-order valence-corrected chi connectivity index (χ0v) is 18.6. The van der Waals surface area contributed by atoms with E-state index in [-0.39, 0.29) is 23.0 Å². The zero-order valence-electron chi connectivity index (χ0n) is 17.8. The van der Waals surface area contributed by atoms with E-state index in [1.807, 2.05) is 6.07 Å². The number of nitrogens with zero attached hydrogens (tertiary/aromatic N) is 2. The summed E-state index contributed by atoms with van der Waals surface area (Å²) in [5, 5.41) is 5.14. The van der Waals surface area contributed by atoms with Gasteiger partial charge in [-0.15, -0.1) is 11.3 Å². The minimum Gasteiger partial charge on any atom is -0.461 e. The van der Waals surface area contributed by atoms with Gasteiger partial charge in [-0.05, 0) is 25.1 Å². The van der Waals surface area contributed by atoms with Gasteiger partial charge in [-0.2, -0.15) is 0 Å². The predicted molar refractivity (Wildman–Crippen MR) is 123 cm³/mol. The Morgan fingerprint density at radius 3 is 2.64 bits per heavy atom. The summed E-state index contributed by atoms with van der Waals surface area (Å²) in [5.74, 6) is -4.00. The number of ether oxygens (including phenoxy) is 1. The number of pyridine rings is 1. The molecule has 0 aliphatic rings. The average molecular weight is 467 g/mol. The molecule has 0 bridgehead atoms. The third kappa shape index (κ3) is 4.88. The minimum atomic E-state index is -2.98. The summed E-state index contributed by atoms with van der Waals surface area (Å²) >= 11 is 1.10. The molecule has 0 saturated heterocycles. The number of halogens is 2. The Morgan fingerprint density at radius 1 is 1.09 bits per heavy atom. The Kier molecular flexibility index (Phi) is 6.15. The normalized spacial score (nSPS) is 11.4. The standard InChI is InChI=1S/C24H19F2N3O3S/c1-3-32-22(31)19-13-33-23(28-19)29-21(30)17-9-5-6-14-10-11-18(27-20(14)17)15-7-4-8-16(12-15)24(2,25)26/h4-13H,3H2,1-2H3,(H,28,29,30). The van der Waals surface area contributed by atoms with Gasteiger partial charge in [0.1, 0.15) is 0 Å². The molecule has 168 valence electrons. The van der Waals surface area contributed by atoms with Crippen molar-refractivity contribution in [2.75, 3.05) is 11.9 Å². The van der Waals surface area contributed by atoms with E-state index in [0.717, 1.165) is 23.6 Å². The first-order valence-corrected chi connectivity index (χ1v) is 11.0. The quantitative estimate of drug-likeness (QED) is 0.357. The molecule has 0 radical (unpaired) electrons. The van der Waals surface area contributed by atoms with Crippen LogP contribution < -0.4 is 5.32 Å². The summed E-state index contributed by atoms with van der Waals surface area (Å²) in [4.78, 5) is 33.5. The molecule has 4 rings (SSSR count). The van der Waals surface area contributed by atoms with Crippen LogP contribution in [0.1, 0.15) is 40.3 Å². The number of amides is 1. The number of thiazole rings is 1. The number of nitrogens with one attached hydrogen (secondary N) is 1. The molecule has 0 spiro atoms. The molecule has 0 aliphatic carbocycles. The van der Waals surface area contributed by atoms with Gasteiger partial charge in [-0.25, -0.2) is 23.5 Å². The Balaban J connectivity index is 1.66. The number of esters is 1. The number of aromatic nitrogens is 2. The van der Waals surface area contributed by atoms with E-state index in [9.17, 15) is 18.4 Å². The van der Waals surface area contributed by atoms with E-state index in [1.54, 1.807) is 43.3 Å². The molecule has 1 amide bonds. The fourth-order valence-electron chi connectivity index (χ4n) is 3.24. The van der Waals surface area contributed by atoms with Crippen molar-refractivity contribution in [1.82, 2.24) is 9.97 Å². The molecular weight excluding hydrogens is 448 g/mol. The fraction of sp³-hybridized carbons (Fsp3) is 0.167. The lowest BCUT2D eigenvalue weighted by Gasteiger charge is -2.12. The van der Waals surface area contributed by atoms with Crippen LogP contribution in [0.2, 0.25) is 0 Å². The van der Waals surface area contributed by atoms with Crippen molar-refractivity contribution in [3.63, 3.8) is 0 Å². The molecule has 0 fully saturated rings. The van der Waals surface area contributed by atoms with Crippen molar-refractivity contribution in [1.29, 1.82) is 0 Å². The number of hydrogen-bond acceptors (Lipinski definition) is 6. The van der Waals surface area contributed by atoms with Gasteiger partial charge >= 0.3 is 5.97 Å². The van der Waals surface area contributed by atoms with Crippen LogP contribution >= 0.6 is 11.3 Å². The van der Waals surface area contributed by atoms with E-state index in [2.05, 4.69) is 15.3 Å². The lowest BCUT2D eigenvalue weighted by Crippen LogP contribution is -2.13. The molecule has 0 atom stereocenters. The number of carbonyl (C=O) groups is 2. The van der Waals surface area contributed by atoms with Crippen LogP contribution in [0.25, 0.3) is 22.2 Å². The average Bonchev–Trinajstić information content (AvgIpc) is 3.26. The Bertz CT molecular complexity index is 1350. The largest absolute Gasteiger partial charge is 0.461 e. The molecule has 4 aromatic rings. The summed E-state index contributed by atoms with van der Waals surface area (Å²) in [6.07, 6.45) is 0. The van der Waals surface area contributed by atoms with Gasteiger partial charge in [0.25, 0.3) is 11.8 Å². The second kappa shape index (κ2) is 9.03. The summed E-state index contributed by atoms with van der Waals surface area (Å²) in [6, 6.07) is 14.7. The molecule has 2 aromatic heterocycles. The summed E-state index contributed by atoms with van der Waals surface area (Å²) in [7, 11) is 0. The van der Waals surface area contributed by atoms with Crippen molar-refractivity contribution < 1.29 is 23.1 Å². The SMILES string of the molecule is CCOC(=O)c1csc(NC(=O)c2cccc3ccc(-c4cccc(C(C)(F)F)c4)nc23)n1.